The lowest BCUT2D eigenvalue weighted by Gasteiger charge is -2.07. The summed E-state index contributed by atoms with van der Waals surface area (Å²) in [6.07, 6.45) is 8.68. The predicted octanol–water partition coefficient (Wildman–Crippen LogP) is 4.59. The number of thioether (sulfide) groups is 1. The molecule has 1 heterocycles. The van der Waals surface area contributed by atoms with Crippen molar-refractivity contribution in [2.45, 2.75) is 55.5 Å². The zero-order chi connectivity index (χ0) is 10.2. The summed E-state index contributed by atoms with van der Waals surface area (Å²) in [6.45, 7) is 4.56. The lowest BCUT2D eigenvalue weighted by Crippen LogP contribution is -1.95. The van der Waals surface area contributed by atoms with Crippen molar-refractivity contribution in [3.63, 3.8) is 0 Å². The van der Waals surface area contributed by atoms with E-state index in [0.29, 0.717) is 0 Å². The van der Waals surface area contributed by atoms with Crippen LogP contribution in [-0.2, 0) is 0 Å². The molecule has 80 valence electrons. The molecule has 0 bridgehead atoms. The van der Waals surface area contributed by atoms with Crippen LogP contribution in [0.4, 0.5) is 0 Å². The first-order valence-electron chi connectivity index (χ1n) is 5.39. The van der Waals surface area contributed by atoms with Gasteiger partial charge in [-0.25, -0.2) is 4.98 Å². The third-order valence-corrected chi connectivity index (χ3v) is 4.26. The van der Waals surface area contributed by atoms with Crippen LogP contribution < -0.4 is 0 Å². The third kappa shape index (κ3) is 5.01. The van der Waals surface area contributed by atoms with Crippen LogP contribution in [0.3, 0.4) is 0 Å². The summed E-state index contributed by atoms with van der Waals surface area (Å²) in [6, 6.07) is 0. The van der Waals surface area contributed by atoms with E-state index >= 15 is 0 Å². The molecule has 0 aliphatic heterocycles. The Hall–Kier alpha value is -0.0200. The summed E-state index contributed by atoms with van der Waals surface area (Å²) in [7, 11) is 0. The van der Waals surface area contributed by atoms with E-state index in [1.807, 2.05) is 23.3 Å². The van der Waals surface area contributed by atoms with Crippen molar-refractivity contribution in [2.75, 3.05) is 0 Å². The van der Waals surface area contributed by atoms with Crippen LogP contribution in [0.5, 0.6) is 0 Å². The van der Waals surface area contributed by atoms with Crippen molar-refractivity contribution in [3.8, 4) is 0 Å². The average Bonchev–Trinajstić information content (AvgIpc) is 2.65. The molecule has 0 aliphatic rings. The summed E-state index contributed by atoms with van der Waals surface area (Å²) in [5.41, 5.74) is 0. The molecule has 0 N–H and O–H groups in total. The number of rotatable bonds is 7. The minimum Gasteiger partial charge on any atom is -0.238 e. The standard InChI is InChI=1S/C11H19NS2/c1-3-4-5-6-7-10(2)14-11-12-8-9-13-11/h8-10H,3-7H2,1-2H3. The monoisotopic (exact) mass is 229 g/mol. The highest BCUT2D eigenvalue weighted by molar-refractivity contribution is 8.01. The van der Waals surface area contributed by atoms with Crippen LogP contribution in [0.1, 0.15) is 46.0 Å². The fourth-order valence-corrected chi connectivity index (χ4v) is 3.35. The van der Waals surface area contributed by atoms with Gasteiger partial charge in [0.25, 0.3) is 0 Å². The molecule has 0 saturated heterocycles. The fraction of sp³-hybridized carbons (Fsp3) is 0.727. The molecule has 1 rings (SSSR count). The van der Waals surface area contributed by atoms with Crippen LogP contribution in [-0.4, -0.2) is 10.2 Å². The second kappa shape index (κ2) is 7.30. The maximum Gasteiger partial charge on any atom is 0.150 e. The minimum atomic E-state index is 0.720. The van der Waals surface area contributed by atoms with E-state index in [1.54, 1.807) is 11.3 Å². The molecule has 0 radical (unpaired) electrons. The molecule has 0 aliphatic carbocycles. The lowest BCUT2D eigenvalue weighted by molar-refractivity contribution is 0.630. The SMILES string of the molecule is CCCCCCC(C)Sc1nccs1. The first-order chi connectivity index (χ1) is 6.83. The average molecular weight is 229 g/mol. The minimum absolute atomic E-state index is 0.720. The Morgan fingerprint density at radius 3 is 2.93 bits per heavy atom. The normalized spacial score (nSPS) is 13.0. The van der Waals surface area contributed by atoms with Crippen molar-refractivity contribution in [3.05, 3.63) is 11.6 Å². The highest BCUT2D eigenvalue weighted by Gasteiger charge is 2.05. The Kier molecular flexibility index (Phi) is 6.28. The van der Waals surface area contributed by atoms with Gasteiger partial charge < -0.3 is 0 Å². The molecule has 0 saturated carbocycles. The molecule has 0 spiro atoms. The van der Waals surface area contributed by atoms with E-state index in [9.17, 15) is 0 Å². The number of hydrogen-bond donors (Lipinski definition) is 0. The maximum atomic E-state index is 4.28. The summed E-state index contributed by atoms with van der Waals surface area (Å²) >= 11 is 3.66. The predicted molar refractivity (Wildman–Crippen MR) is 66.2 cm³/mol. The van der Waals surface area contributed by atoms with Crippen LogP contribution in [0.25, 0.3) is 0 Å². The number of thiazole rings is 1. The van der Waals surface area contributed by atoms with Gasteiger partial charge in [0.05, 0.1) is 0 Å². The Labute approximate surface area is 95.3 Å². The van der Waals surface area contributed by atoms with Gasteiger partial charge in [0.1, 0.15) is 4.34 Å². The number of hydrogen-bond acceptors (Lipinski definition) is 3. The second-order valence-corrected chi connectivity index (χ2v) is 6.16. The number of aromatic nitrogens is 1. The largest absolute Gasteiger partial charge is 0.238 e. The highest BCUT2D eigenvalue weighted by Crippen LogP contribution is 2.27. The number of nitrogens with zero attached hydrogens (tertiary/aromatic N) is 1. The van der Waals surface area contributed by atoms with Gasteiger partial charge >= 0.3 is 0 Å². The van der Waals surface area contributed by atoms with Crippen LogP contribution in [0.15, 0.2) is 15.9 Å². The smallest absolute Gasteiger partial charge is 0.150 e. The molecule has 0 amide bonds. The summed E-state index contributed by atoms with van der Waals surface area (Å²) in [5.74, 6) is 0. The van der Waals surface area contributed by atoms with Crippen molar-refractivity contribution in [2.24, 2.45) is 0 Å². The van der Waals surface area contributed by atoms with Gasteiger partial charge in [-0.2, -0.15) is 0 Å². The molecular weight excluding hydrogens is 210 g/mol. The Morgan fingerprint density at radius 1 is 1.43 bits per heavy atom. The second-order valence-electron chi connectivity index (χ2n) is 3.58. The molecule has 14 heavy (non-hydrogen) atoms. The van der Waals surface area contributed by atoms with E-state index in [-0.39, 0.29) is 0 Å². The van der Waals surface area contributed by atoms with Gasteiger partial charge in [-0.3, -0.25) is 0 Å². The van der Waals surface area contributed by atoms with Gasteiger partial charge in [-0.05, 0) is 6.42 Å². The summed E-state index contributed by atoms with van der Waals surface area (Å²) in [5, 5.41) is 2.77. The Morgan fingerprint density at radius 2 is 2.29 bits per heavy atom. The molecule has 1 aromatic heterocycles. The summed E-state index contributed by atoms with van der Waals surface area (Å²) in [4.78, 5) is 4.28. The molecule has 1 aromatic rings. The van der Waals surface area contributed by atoms with E-state index in [4.69, 9.17) is 0 Å². The molecule has 0 aromatic carbocycles. The fourth-order valence-electron chi connectivity index (χ4n) is 1.36. The Balaban J connectivity index is 2.07. The molecule has 3 heteroatoms. The van der Waals surface area contributed by atoms with Gasteiger partial charge in [-0.15, -0.1) is 11.3 Å². The first-order valence-corrected chi connectivity index (χ1v) is 7.15. The molecule has 1 unspecified atom stereocenters. The molecular formula is C11H19NS2. The topological polar surface area (TPSA) is 12.9 Å². The van der Waals surface area contributed by atoms with E-state index in [0.717, 1.165) is 5.25 Å². The highest BCUT2D eigenvalue weighted by atomic mass is 32.2. The van der Waals surface area contributed by atoms with Crippen molar-refractivity contribution < 1.29 is 0 Å². The quantitative estimate of drug-likeness (QED) is 0.501. The molecule has 1 nitrogen and oxygen atoms in total. The zero-order valence-electron chi connectivity index (χ0n) is 9.03. The van der Waals surface area contributed by atoms with Crippen LogP contribution in [0.2, 0.25) is 0 Å². The van der Waals surface area contributed by atoms with Gasteiger partial charge in [0.2, 0.25) is 0 Å². The van der Waals surface area contributed by atoms with Gasteiger partial charge in [0.15, 0.2) is 0 Å². The van der Waals surface area contributed by atoms with Crippen molar-refractivity contribution in [1.29, 1.82) is 0 Å². The van der Waals surface area contributed by atoms with Gasteiger partial charge in [-0.1, -0.05) is 51.3 Å². The van der Waals surface area contributed by atoms with Gasteiger partial charge in [0, 0.05) is 16.8 Å². The Bertz CT molecular complexity index is 221. The van der Waals surface area contributed by atoms with E-state index < -0.39 is 0 Å². The zero-order valence-corrected chi connectivity index (χ0v) is 10.7. The molecule has 1 atom stereocenters. The van der Waals surface area contributed by atoms with Crippen LogP contribution >= 0.6 is 23.1 Å². The first kappa shape index (κ1) is 12.1. The maximum absolute atomic E-state index is 4.28. The third-order valence-electron chi connectivity index (χ3n) is 2.18. The van der Waals surface area contributed by atoms with Crippen LogP contribution in [0, 0.1) is 0 Å². The van der Waals surface area contributed by atoms with Crippen molar-refractivity contribution >= 4 is 23.1 Å². The van der Waals surface area contributed by atoms with E-state index in [1.165, 1.54) is 36.4 Å². The number of unbranched alkanes of at least 4 members (excludes halogenated alkanes) is 3. The summed E-state index contributed by atoms with van der Waals surface area (Å²) < 4.78 is 1.22. The van der Waals surface area contributed by atoms with E-state index in [2.05, 4.69) is 18.8 Å². The lowest BCUT2D eigenvalue weighted by atomic mass is 10.1. The molecule has 0 fully saturated rings. The van der Waals surface area contributed by atoms with Crippen molar-refractivity contribution in [1.82, 2.24) is 4.98 Å².